The minimum atomic E-state index is -3.14. The van der Waals surface area contributed by atoms with E-state index in [0.717, 1.165) is 77.0 Å². The van der Waals surface area contributed by atoms with Crippen molar-refractivity contribution in [1.82, 2.24) is 0 Å². The van der Waals surface area contributed by atoms with Gasteiger partial charge in [-0.3, -0.25) is 9.59 Å². The fourth-order valence-electron chi connectivity index (χ4n) is 6.58. The highest BCUT2D eigenvalue weighted by molar-refractivity contribution is 7.92. The number of carbonyl (C=O) groups excluding carboxylic acids is 2. The van der Waals surface area contributed by atoms with Crippen molar-refractivity contribution in [3.63, 3.8) is 0 Å². The smallest absolute Gasteiger partial charge is 0.293 e. The van der Waals surface area contributed by atoms with E-state index in [1.807, 2.05) is 0 Å². The lowest BCUT2D eigenvalue weighted by atomic mass is 9.93. The third-order valence-electron chi connectivity index (χ3n) is 8.68. The molecule has 0 atom stereocenters. The lowest BCUT2D eigenvalue weighted by molar-refractivity contribution is -0.138. The molecule has 0 N–H and O–H groups in total. The van der Waals surface area contributed by atoms with Crippen molar-refractivity contribution in [1.29, 1.82) is 0 Å². The van der Waals surface area contributed by atoms with Crippen molar-refractivity contribution in [2.24, 2.45) is 0 Å². The lowest BCUT2D eigenvalue weighted by Crippen LogP contribution is -2.40. The summed E-state index contributed by atoms with van der Waals surface area (Å²) in [7, 11) is -3.14. The standard InChI is InChI=1S/C26H42O8S/c27-17-31-19-1-5-21(6-2-19)33-23-9-13-25(14-10-23)35(29,30)26-15-11-24(12-16-26)34-22-7-3-20(4-8-22)32-18-28/h17-26H,1-16H2. The van der Waals surface area contributed by atoms with Gasteiger partial charge in [0.05, 0.1) is 34.9 Å². The van der Waals surface area contributed by atoms with Crippen molar-refractivity contribution in [2.45, 2.75) is 150 Å². The van der Waals surface area contributed by atoms with Crippen molar-refractivity contribution in [2.75, 3.05) is 0 Å². The maximum atomic E-state index is 13.4. The van der Waals surface area contributed by atoms with Gasteiger partial charge in [-0.2, -0.15) is 0 Å². The van der Waals surface area contributed by atoms with Crippen LogP contribution in [0.3, 0.4) is 0 Å². The molecule has 0 saturated heterocycles. The molecule has 200 valence electrons. The molecule has 35 heavy (non-hydrogen) atoms. The zero-order chi connectivity index (χ0) is 24.7. The molecule has 4 aliphatic rings. The van der Waals surface area contributed by atoms with Crippen LogP contribution in [0.25, 0.3) is 0 Å². The first-order valence-corrected chi connectivity index (χ1v) is 15.3. The third-order valence-corrected chi connectivity index (χ3v) is 11.5. The van der Waals surface area contributed by atoms with Crippen molar-refractivity contribution in [3.05, 3.63) is 0 Å². The normalized spacial score (nSPS) is 38.9. The zero-order valence-corrected chi connectivity index (χ0v) is 21.6. The van der Waals surface area contributed by atoms with E-state index in [2.05, 4.69) is 0 Å². The molecule has 4 rings (SSSR count). The monoisotopic (exact) mass is 514 g/mol. The third kappa shape index (κ3) is 7.41. The van der Waals surface area contributed by atoms with Gasteiger partial charge in [0.25, 0.3) is 12.9 Å². The van der Waals surface area contributed by atoms with Crippen LogP contribution in [0.2, 0.25) is 0 Å². The van der Waals surface area contributed by atoms with E-state index in [1.54, 1.807) is 0 Å². The van der Waals surface area contributed by atoms with Gasteiger partial charge in [-0.1, -0.05) is 0 Å². The van der Waals surface area contributed by atoms with Crippen LogP contribution in [0.5, 0.6) is 0 Å². The van der Waals surface area contributed by atoms with Crippen LogP contribution in [0.1, 0.15) is 103 Å². The summed E-state index contributed by atoms with van der Waals surface area (Å²) in [5.74, 6) is 0. The Hall–Kier alpha value is -1.19. The Balaban J connectivity index is 1.14. The van der Waals surface area contributed by atoms with E-state index in [0.29, 0.717) is 38.6 Å². The number of hydrogen-bond acceptors (Lipinski definition) is 8. The maximum Gasteiger partial charge on any atom is 0.293 e. The highest BCUT2D eigenvalue weighted by Crippen LogP contribution is 2.36. The molecule has 0 radical (unpaired) electrons. The molecule has 0 aromatic rings. The molecule has 0 aromatic heterocycles. The Morgan fingerprint density at radius 1 is 0.429 bits per heavy atom. The predicted octanol–water partition coefficient (Wildman–Crippen LogP) is 4.03. The summed E-state index contributed by atoms with van der Waals surface area (Å²) < 4.78 is 49.4. The van der Waals surface area contributed by atoms with Crippen molar-refractivity contribution in [3.8, 4) is 0 Å². The molecule has 9 heteroatoms. The molecule has 0 aromatic carbocycles. The Morgan fingerprint density at radius 2 is 0.686 bits per heavy atom. The topological polar surface area (TPSA) is 105 Å². The number of hydrogen-bond donors (Lipinski definition) is 0. The molecule has 4 saturated carbocycles. The van der Waals surface area contributed by atoms with Gasteiger partial charge in [0.15, 0.2) is 9.84 Å². The van der Waals surface area contributed by atoms with Gasteiger partial charge >= 0.3 is 0 Å². The summed E-state index contributed by atoms with van der Waals surface area (Å²) in [6.45, 7) is 1.07. The molecule has 4 fully saturated rings. The second-order valence-corrected chi connectivity index (χ2v) is 13.4. The largest absolute Gasteiger partial charge is 0.465 e. The van der Waals surface area contributed by atoms with Crippen LogP contribution in [-0.2, 0) is 38.4 Å². The van der Waals surface area contributed by atoms with Crippen LogP contribution >= 0.6 is 0 Å². The van der Waals surface area contributed by atoms with Gasteiger partial charge in [0, 0.05) is 0 Å². The second kappa shape index (κ2) is 12.9. The molecule has 0 heterocycles. The Bertz CT molecular complexity index is 696. The van der Waals surface area contributed by atoms with Crippen molar-refractivity contribution >= 4 is 22.8 Å². The number of rotatable bonds is 10. The van der Waals surface area contributed by atoms with E-state index in [-0.39, 0.29) is 47.1 Å². The highest BCUT2D eigenvalue weighted by atomic mass is 32.2. The van der Waals surface area contributed by atoms with Crippen LogP contribution in [0.4, 0.5) is 0 Å². The van der Waals surface area contributed by atoms with E-state index in [1.165, 1.54) is 0 Å². The summed E-state index contributed by atoms with van der Waals surface area (Å²) in [6, 6.07) is 0. The quantitative estimate of drug-likeness (QED) is 0.403. The SMILES string of the molecule is O=COC1CCC(OC2CCC(S(=O)(=O)C3CCC(OC4CCC(OC=O)CC4)CC3)CC2)CC1. The molecule has 0 aliphatic heterocycles. The van der Waals surface area contributed by atoms with Crippen LogP contribution in [0, 0.1) is 0 Å². The number of ether oxygens (including phenoxy) is 4. The molecular formula is C26H42O8S. The average molecular weight is 515 g/mol. The first kappa shape index (κ1) is 26.9. The molecule has 8 nitrogen and oxygen atoms in total. The van der Waals surface area contributed by atoms with Gasteiger partial charge in [-0.15, -0.1) is 0 Å². The maximum absolute atomic E-state index is 13.4. The van der Waals surface area contributed by atoms with Gasteiger partial charge in [-0.05, 0) is 103 Å². The van der Waals surface area contributed by atoms with E-state index >= 15 is 0 Å². The van der Waals surface area contributed by atoms with Gasteiger partial charge in [0.1, 0.15) is 12.2 Å². The summed E-state index contributed by atoms with van der Waals surface area (Å²) in [5.41, 5.74) is 0. The molecule has 0 bridgehead atoms. The van der Waals surface area contributed by atoms with E-state index < -0.39 is 9.84 Å². The number of carbonyl (C=O) groups is 2. The van der Waals surface area contributed by atoms with Gasteiger partial charge in [0.2, 0.25) is 0 Å². The summed E-state index contributed by atoms with van der Waals surface area (Å²) in [4.78, 5) is 21.0. The first-order valence-electron chi connectivity index (χ1n) is 13.7. The average Bonchev–Trinajstić information content (AvgIpc) is 2.87. The van der Waals surface area contributed by atoms with Crippen LogP contribution in [0.15, 0.2) is 0 Å². The minimum Gasteiger partial charge on any atom is -0.465 e. The van der Waals surface area contributed by atoms with E-state index in [9.17, 15) is 18.0 Å². The number of sulfone groups is 1. The summed E-state index contributed by atoms with van der Waals surface area (Å²) >= 11 is 0. The highest BCUT2D eigenvalue weighted by Gasteiger charge is 2.40. The van der Waals surface area contributed by atoms with Crippen LogP contribution < -0.4 is 0 Å². The lowest BCUT2D eigenvalue weighted by Gasteiger charge is -2.37. The first-order chi connectivity index (χ1) is 17.0. The predicted molar refractivity (Wildman–Crippen MR) is 130 cm³/mol. The minimum absolute atomic E-state index is 0.0201. The Kier molecular flexibility index (Phi) is 9.87. The van der Waals surface area contributed by atoms with E-state index in [4.69, 9.17) is 18.9 Å². The second-order valence-electron chi connectivity index (χ2n) is 10.9. The molecule has 0 spiro atoms. The zero-order valence-electron chi connectivity index (χ0n) is 20.8. The van der Waals surface area contributed by atoms with Gasteiger partial charge in [-0.25, -0.2) is 8.42 Å². The fourth-order valence-corrected chi connectivity index (χ4v) is 8.98. The van der Waals surface area contributed by atoms with Gasteiger partial charge < -0.3 is 18.9 Å². The Morgan fingerprint density at radius 3 is 0.971 bits per heavy atom. The van der Waals surface area contributed by atoms with Crippen molar-refractivity contribution < 1.29 is 37.0 Å². The fraction of sp³-hybridized carbons (Fsp3) is 0.923. The Labute approximate surface area is 209 Å². The molecule has 0 unspecified atom stereocenters. The van der Waals surface area contributed by atoms with Crippen LogP contribution in [-0.4, -0.2) is 68.5 Å². The molecular weight excluding hydrogens is 472 g/mol. The summed E-state index contributed by atoms with van der Waals surface area (Å²) in [5, 5.41) is -0.482. The molecule has 0 amide bonds. The summed E-state index contributed by atoms with van der Waals surface area (Å²) in [6.07, 6.45) is 13.7. The molecule has 4 aliphatic carbocycles.